The van der Waals surface area contributed by atoms with Crippen LogP contribution in [-0.4, -0.2) is 60.5 Å². The molecule has 0 amide bonds. The predicted octanol–water partition coefficient (Wildman–Crippen LogP) is 3.12. The van der Waals surface area contributed by atoms with E-state index in [9.17, 15) is 0 Å². The van der Waals surface area contributed by atoms with Crippen LogP contribution in [0.2, 0.25) is 0 Å². The van der Waals surface area contributed by atoms with Gasteiger partial charge in [0.1, 0.15) is 0 Å². The molecular formula is C22H33N5O. The fraction of sp³-hybridized carbons (Fsp3) is 0.636. The fourth-order valence-electron chi connectivity index (χ4n) is 4.81. The van der Waals surface area contributed by atoms with E-state index in [1.807, 2.05) is 0 Å². The molecule has 28 heavy (non-hydrogen) atoms. The third kappa shape index (κ3) is 4.08. The fourth-order valence-corrected chi connectivity index (χ4v) is 4.81. The van der Waals surface area contributed by atoms with E-state index in [0.29, 0.717) is 11.9 Å². The van der Waals surface area contributed by atoms with Crippen LogP contribution in [0.15, 0.2) is 23.8 Å². The number of rotatable bonds is 4. The number of piperidine rings is 1. The number of aromatic nitrogens is 2. The molecule has 3 aliphatic rings. The third-order valence-electron chi connectivity index (χ3n) is 6.70. The highest BCUT2D eigenvalue weighted by Gasteiger charge is 2.29. The van der Waals surface area contributed by atoms with E-state index in [1.165, 1.54) is 24.0 Å². The maximum Gasteiger partial charge on any atom is 0.169 e. The molecule has 1 atom stereocenters. The van der Waals surface area contributed by atoms with Gasteiger partial charge in [0, 0.05) is 32.2 Å². The molecule has 1 aromatic rings. The van der Waals surface area contributed by atoms with E-state index in [0.717, 1.165) is 69.5 Å². The van der Waals surface area contributed by atoms with Gasteiger partial charge >= 0.3 is 0 Å². The topological polar surface area (TPSA) is 67.5 Å². The summed E-state index contributed by atoms with van der Waals surface area (Å²) in [5, 5.41) is 8.70. The number of allylic oxidation sites excluding steroid dienone is 4. The summed E-state index contributed by atoms with van der Waals surface area (Å²) in [6.07, 6.45) is 8.90. The van der Waals surface area contributed by atoms with E-state index < -0.39 is 0 Å². The average Bonchev–Trinajstić information content (AvgIpc) is 2.75. The molecule has 0 aromatic carbocycles. The quantitative estimate of drug-likeness (QED) is 0.862. The summed E-state index contributed by atoms with van der Waals surface area (Å²) in [5.74, 6) is 1.28. The van der Waals surface area contributed by atoms with Crippen molar-refractivity contribution in [2.75, 3.05) is 50.0 Å². The third-order valence-corrected chi connectivity index (χ3v) is 6.70. The zero-order valence-corrected chi connectivity index (χ0v) is 17.2. The number of nitrogens with two attached hydrogens (primary N) is 1. The van der Waals surface area contributed by atoms with Crippen LogP contribution in [0.5, 0.6) is 0 Å². The Morgan fingerprint density at radius 2 is 1.89 bits per heavy atom. The summed E-state index contributed by atoms with van der Waals surface area (Å²) in [7, 11) is 0. The van der Waals surface area contributed by atoms with Crippen LogP contribution in [-0.2, 0) is 4.74 Å². The first-order valence-corrected chi connectivity index (χ1v) is 10.7. The van der Waals surface area contributed by atoms with Gasteiger partial charge in [0.05, 0.1) is 24.6 Å². The van der Waals surface area contributed by atoms with E-state index >= 15 is 0 Å². The highest BCUT2D eigenvalue weighted by atomic mass is 16.5. The van der Waals surface area contributed by atoms with Gasteiger partial charge in [0.15, 0.2) is 5.82 Å². The minimum absolute atomic E-state index is 0.549. The molecule has 0 saturated carbocycles. The molecule has 1 aliphatic carbocycles. The lowest BCUT2D eigenvalue weighted by molar-refractivity contribution is 0.00449. The molecule has 0 bridgehead atoms. The first-order chi connectivity index (χ1) is 13.6. The minimum atomic E-state index is 0.549. The van der Waals surface area contributed by atoms with Gasteiger partial charge in [-0.05, 0) is 62.7 Å². The van der Waals surface area contributed by atoms with Crippen molar-refractivity contribution in [1.82, 2.24) is 15.1 Å². The molecule has 3 heterocycles. The van der Waals surface area contributed by atoms with Gasteiger partial charge in [0.25, 0.3) is 0 Å². The molecule has 1 aromatic heterocycles. The zero-order valence-electron chi connectivity index (χ0n) is 17.2. The Kier molecular flexibility index (Phi) is 5.97. The van der Waals surface area contributed by atoms with E-state index in [2.05, 4.69) is 52.1 Å². The number of ether oxygens (including phenoxy) is 1. The largest absolute Gasteiger partial charge is 0.380 e. The van der Waals surface area contributed by atoms with Crippen LogP contribution in [0.4, 0.5) is 11.5 Å². The first-order valence-electron chi connectivity index (χ1n) is 10.7. The van der Waals surface area contributed by atoms with Crippen LogP contribution in [0, 0.1) is 5.92 Å². The predicted molar refractivity (Wildman–Crippen MR) is 114 cm³/mol. The van der Waals surface area contributed by atoms with Crippen molar-refractivity contribution in [3.05, 3.63) is 29.5 Å². The Balaban J connectivity index is 1.44. The van der Waals surface area contributed by atoms with Gasteiger partial charge in [-0.2, -0.15) is 0 Å². The maximum atomic E-state index is 6.23. The lowest BCUT2D eigenvalue weighted by Crippen LogP contribution is -2.48. The summed E-state index contributed by atoms with van der Waals surface area (Å²) >= 11 is 0. The summed E-state index contributed by atoms with van der Waals surface area (Å²) in [6, 6.07) is 2.78. The van der Waals surface area contributed by atoms with Gasteiger partial charge in [-0.1, -0.05) is 12.2 Å². The van der Waals surface area contributed by atoms with E-state index in [4.69, 9.17) is 10.5 Å². The standard InChI is InChI=1S/C22H33N5O/c1-16-5-3-4-6-19(16)20-15-21(22(23)25-24-20)27-9-7-18(8-10-27)17(2)26-11-13-28-14-12-26/h3,5,15,17-18H,4,6-14H2,1-2H3,(H2,23,25)/t17-/m1/s1. The Hall–Kier alpha value is -1.92. The molecule has 152 valence electrons. The van der Waals surface area contributed by atoms with Crippen LogP contribution < -0.4 is 10.6 Å². The highest BCUT2D eigenvalue weighted by molar-refractivity contribution is 5.74. The molecule has 0 spiro atoms. The lowest BCUT2D eigenvalue weighted by atomic mass is 9.89. The van der Waals surface area contributed by atoms with Gasteiger partial charge in [-0.3, -0.25) is 4.90 Å². The van der Waals surface area contributed by atoms with Crippen molar-refractivity contribution >= 4 is 17.1 Å². The van der Waals surface area contributed by atoms with Gasteiger partial charge in [-0.15, -0.1) is 10.2 Å². The second-order valence-corrected chi connectivity index (χ2v) is 8.32. The molecule has 6 heteroatoms. The smallest absolute Gasteiger partial charge is 0.169 e. The van der Waals surface area contributed by atoms with Crippen LogP contribution in [0.3, 0.4) is 0 Å². The number of nitrogens with zero attached hydrogens (tertiary/aromatic N) is 4. The SMILES string of the molecule is CC1=C(c2cc(N3CCC([C@@H](C)N4CCOCC4)CC3)c(N)nn2)CCC=C1. The molecule has 6 nitrogen and oxygen atoms in total. The van der Waals surface area contributed by atoms with Gasteiger partial charge < -0.3 is 15.4 Å². The molecule has 2 fully saturated rings. The Bertz CT molecular complexity index is 745. The zero-order chi connectivity index (χ0) is 19.5. The number of morpholine rings is 1. The molecule has 2 saturated heterocycles. The number of anilines is 2. The Labute approximate surface area is 168 Å². The second-order valence-electron chi connectivity index (χ2n) is 8.32. The van der Waals surface area contributed by atoms with Gasteiger partial charge in [0.2, 0.25) is 0 Å². The minimum Gasteiger partial charge on any atom is -0.380 e. The summed E-state index contributed by atoms with van der Waals surface area (Å²) in [6.45, 7) is 10.5. The first kappa shape index (κ1) is 19.4. The Morgan fingerprint density at radius 1 is 1.14 bits per heavy atom. The summed E-state index contributed by atoms with van der Waals surface area (Å²) in [4.78, 5) is 5.00. The molecule has 2 N–H and O–H groups in total. The summed E-state index contributed by atoms with van der Waals surface area (Å²) < 4.78 is 5.51. The molecule has 0 unspecified atom stereocenters. The lowest BCUT2D eigenvalue weighted by Gasteiger charge is -2.41. The average molecular weight is 384 g/mol. The van der Waals surface area contributed by atoms with Crippen LogP contribution in [0.25, 0.3) is 5.57 Å². The van der Waals surface area contributed by atoms with Crippen LogP contribution in [0.1, 0.15) is 45.2 Å². The summed E-state index contributed by atoms with van der Waals surface area (Å²) in [5.41, 5.74) is 10.8. The van der Waals surface area contributed by atoms with Crippen molar-refractivity contribution in [3.63, 3.8) is 0 Å². The van der Waals surface area contributed by atoms with Crippen LogP contribution >= 0.6 is 0 Å². The second kappa shape index (κ2) is 8.62. The van der Waals surface area contributed by atoms with E-state index in [-0.39, 0.29) is 0 Å². The van der Waals surface area contributed by atoms with Crippen molar-refractivity contribution in [3.8, 4) is 0 Å². The monoisotopic (exact) mass is 383 g/mol. The van der Waals surface area contributed by atoms with Crippen molar-refractivity contribution in [2.24, 2.45) is 5.92 Å². The molecule has 2 aliphatic heterocycles. The highest BCUT2D eigenvalue weighted by Crippen LogP contribution is 2.33. The number of hydrogen-bond acceptors (Lipinski definition) is 6. The molecule has 0 radical (unpaired) electrons. The Morgan fingerprint density at radius 3 is 2.61 bits per heavy atom. The molecule has 4 rings (SSSR count). The normalized spacial score (nSPS) is 23.3. The van der Waals surface area contributed by atoms with Gasteiger partial charge in [-0.25, -0.2) is 0 Å². The number of nitrogen functional groups attached to an aromatic ring is 1. The molecular weight excluding hydrogens is 350 g/mol. The maximum absolute atomic E-state index is 6.23. The van der Waals surface area contributed by atoms with Crippen molar-refractivity contribution < 1.29 is 4.74 Å². The van der Waals surface area contributed by atoms with Crippen molar-refractivity contribution in [1.29, 1.82) is 0 Å². The number of hydrogen-bond donors (Lipinski definition) is 1. The van der Waals surface area contributed by atoms with E-state index in [1.54, 1.807) is 0 Å². The van der Waals surface area contributed by atoms with Crippen molar-refractivity contribution in [2.45, 2.75) is 45.6 Å².